The van der Waals surface area contributed by atoms with Gasteiger partial charge in [-0.05, 0) is 48.7 Å². The second-order valence-corrected chi connectivity index (χ2v) is 6.33. The van der Waals surface area contributed by atoms with E-state index in [0.29, 0.717) is 0 Å². The SMILES string of the molecule is O=C(Nc1cccc(Br)c1)C1(c2cccc(F)c2)CCC1. The van der Waals surface area contributed by atoms with Gasteiger partial charge < -0.3 is 5.32 Å². The zero-order valence-electron chi connectivity index (χ0n) is 11.4. The molecule has 2 aromatic carbocycles. The molecule has 0 aliphatic heterocycles. The van der Waals surface area contributed by atoms with E-state index in [-0.39, 0.29) is 11.7 Å². The van der Waals surface area contributed by atoms with Crippen LogP contribution in [-0.4, -0.2) is 5.91 Å². The second kappa shape index (κ2) is 5.60. The minimum atomic E-state index is -0.593. The van der Waals surface area contributed by atoms with Gasteiger partial charge in [-0.15, -0.1) is 0 Å². The lowest BCUT2D eigenvalue weighted by Crippen LogP contribution is -2.46. The predicted octanol–water partition coefficient (Wildman–Crippen LogP) is 4.65. The molecule has 0 atom stereocenters. The first-order chi connectivity index (χ1) is 10.1. The summed E-state index contributed by atoms with van der Waals surface area (Å²) < 4.78 is 14.4. The number of hydrogen-bond donors (Lipinski definition) is 1. The molecular formula is C17H15BrFNO. The Morgan fingerprint density at radius 3 is 2.52 bits per heavy atom. The molecule has 0 aromatic heterocycles. The van der Waals surface area contributed by atoms with Crippen molar-refractivity contribution in [2.45, 2.75) is 24.7 Å². The molecule has 1 saturated carbocycles. The van der Waals surface area contributed by atoms with Crippen molar-refractivity contribution in [2.75, 3.05) is 5.32 Å². The fourth-order valence-electron chi connectivity index (χ4n) is 2.78. The molecule has 0 unspecified atom stereocenters. The first kappa shape index (κ1) is 14.3. The number of anilines is 1. The van der Waals surface area contributed by atoms with Crippen molar-refractivity contribution >= 4 is 27.5 Å². The van der Waals surface area contributed by atoms with Gasteiger partial charge in [-0.25, -0.2) is 4.39 Å². The third-order valence-corrected chi connectivity index (χ3v) is 4.59. The molecule has 1 amide bonds. The summed E-state index contributed by atoms with van der Waals surface area (Å²) in [5.41, 5.74) is 0.919. The summed E-state index contributed by atoms with van der Waals surface area (Å²) in [5.74, 6) is -0.355. The number of amides is 1. The number of halogens is 2. The van der Waals surface area contributed by atoms with E-state index in [9.17, 15) is 9.18 Å². The first-order valence-corrected chi connectivity index (χ1v) is 7.72. The summed E-state index contributed by atoms with van der Waals surface area (Å²) in [5, 5.41) is 2.95. The number of nitrogens with one attached hydrogen (secondary N) is 1. The molecule has 0 saturated heterocycles. The van der Waals surface area contributed by atoms with E-state index >= 15 is 0 Å². The molecule has 4 heteroatoms. The van der Waals surface area contributed by atoms with Crippen molar-refractivity contribution < 1.29 is 9.18 Å². The van der Waals surface area contributed by atoms with Gasteiger partial charge >= 0.3 is 0 Å². The molecule has 2 aromatic rings. The van der Waals surface area contributed by atoms with Gasteiger partial charge in [-0.2, -0.15) is 0 Å². The number of rotatable bonds is 3. The Balaban J connectivity index is 1.87. The normalized spacial score (nSPS) is 16.1. The summed E-state index contributed by atoms with van der Waals surface area (Å²) in [4.78, 5) is 12.7. The van der Waals surface area contributed by atoms with Gasteiger partial charge in [-0.3, -0.25) is 4.79 Å². The van der Waals surface area contributed by atoms with E-state index in [1.165, 1.54) is 12.1 Å². The lowest BCUT2D eigenvalue weighted by atomic mass is 9.63. The van der Waals surface area contributed by atoms with E-state index in [0.717, 1.165) is 35.0 Å². The van der Waals surface area contributed by atoms with Crippen molar-refractivity contribution in [2.24, 2.45) is 0 Å². The van der Waals surface area contributed by atoms with Crippen LogP contribution >= 0.6 is 15.9 Å². The molecule has 1 aliphatic rings. The summed E-state index contributed by atoms with van der Waals surface area (Å²) in [7, 11) is 0. The van der Waals surface area contributed by atoms with Crippen LogP contribution in [0.15, 0.2) is 53.0 Å². The Labute approximate surface area is 131 Å². The molecular weight excluding hydrogens is 333 g/mol. The molecule has 2 nitrogen and oxygen atoms in total. The van der Waals surface area contributed by atoms with Gasteiger partial charge in [0.05, 0.1) is 5.41 Å². The third-order valence-electron chi connectivity index (χ3n) is 4.10. The van der Waals surface area contributed by atoms with E-state index in [4.69, 9.17) is 0 Å². The Bertz CT molecular complexity index is 682. The minimum absolute atomic E-state index is 0.0579. The van der Waals surface area contributed by atoms with Crippen LogP contribution in [-0.2, 0) is 10.2 Å². The molecule has 0 bridgehead atoms. The van der Waals surface area contributed by atoms with E-state index in [1.807, 2.05) is 30.3 Å². The highest BCUT2D eigenvalue weighted by Gasteiger charge is 2.45. The maximum absolute atomic E-state index is 13.5. The van der Waals surface area contributed by atoms with E-state index in [1.54, 1.807) is 6.07 Å². The molecule has 0 heterocycles. The minimum Gasteiger partial charge on any atom is -0.325 e. The lowest BCUT2D eigenvalue weighted by molar-refractivity contribution is -0.124. The molecule has 3 rings (SSSR count). The van der Waals surface area contributed by atoms with Crippen LogP contribution < -0.4 is 5.32 Å². The van der Waals surface area contributed by atoms with E-state index < -0.39 is 5.41 Å². The third kappa shape index (κ3) is 2.72. The van der Waals surface area contributed by atoms with Crippen LogP contribution in [0.5, 0.6) is 0 Å². The van der Waals surface area contributed by atoms with Crippen LogP contribution in [0.4, 0.5) is 10.1 Å². The monoisotopic (exact) mass is 347 g/mol. The highest BCUT2D eigenvalue weighted by Crippen LogP contribution is 2.44. The average Bonchev–Trinajstić information content (AvgIpc) is 2.37. The van der Waals surface area contributed by atoms with Crippen molar-refractivity contribution in [3.05, 3.63) is 64.4 Å². The van der Waals surface area contributed by atoms with Crippen LogP contribution in [0, 0.1) is 5.82 Å². The van der Waals surface area contributed by atoms with Crippen LogP contribution in [0.3, 0.4) is 0 Å². The zero-order valence-corrected chi connectivity index (χ0v) is 13.0. The van der Waals surface area contributed by atoms with Crippen molar-refractivity contribution in [1.29, 1.82) is 0 Å². The van der Waals surface area contributed by atoms with Gasteiger partial charge in [0.1, 0.15) is 5.82 Å². The quantitative estimate of drug-likeness (QED) is 0.860. The van der Waals surface area contributed by atoms with Crippen molar-refractivity contribution in [1.82, 2.24) is 0 Å². The summed E-state index contributed by atoms with van der Waals surface area (Å²) >= 11 is 3.39. The number of hydrogen-bond acceptors (Lipinski definition) is 1. The molecule has 108 valence electrons. The number of benzene rings is 2. The summed E-state index contributed by atoms with van der Waals surface area (Å²) in [6, 6.07) is 13.9. The van der Waals surface area contributed by atoms with E-state index in [2.05, 4.69) is 21.2 Å². The number of carbonyl (C=O) groups excluding carboxylic acids is 1. The fourth-order valence-corrected chi connectivity index (χ4v) is 3.18. The summed E-state index contributed by atoms with van der Waals surface area (Å²) in [6.45, 7) is 0. The van der Waals surface area contributed by atoms with Gasteiger partial charge in [0, 0.05) is 10.2 Å². The Morgan fingerprint density at radius 1 is 1.14 bits per heavy atom. The Kier molecular flexibility index (Phi) is 3.81. The molecule has 0 radical (unpaired) electrons. The molecule has 1 aliphatic carbocycles. The largest absolute Gasteiger partial charge is 0.325 e. The van der Waals surface area contributed by atoms with Crippen LogP contribution in [0.1, 0.15) is 24.8 Å². The highest BCUT2D eigenvalue weighted by molar-refractivity contribution is 9.10. The van der Waals surface area contributed by atoms with Gasteiger partial charge in [0.25, 0.3) is 0 Å². The smallest absolute Gasteiger partial charge is 0.235 e. The van der Waals surface area contributed by atoms with Crippen molar-refractivity contribution in [3.8, 4) is 0 Å². The summed E-state index contributed by atoms with van der Waals surface area (Å²) in [6.07, 6.45) is 2.51. The average molecular weight is 348 g/mol. The standard InChI is InChI=1S/C17H15BrFNO/c18-13-5-2-7-15(11-13)20-16(21)17(8-3-9-17)12-4-1-6-14(19)10-12/h1-2,4-7,10-11H,3,8-9H2,(H,20,21). The Morgan fingerprint density at radius 2 is 1.90 bits per heavy atom. The maximum atomic E-state index is 13.5. The molecule has 1 N–H and O–H groups in total. The van der Waals surface area contributed by atoms with Gasteiger partial charge in [-0.1, -0.05) is 40.5 Å². The topological polar surface area (TPSA) is 29.1 Å². The van der Waals surface area contributed by atoms with Crippen LogP contribution in [0.2, 0.25) is 0 Å². The van der Waals surface area contributed by atoms with Crippen LogP contribution in [0.25, 0.3) is 0 Å². The zero-order chi connectivity index (χ0) is 14.9. The molecule has 1 fully saturated rings. The van der Waals surface area contributed by atoms with Gasteiger partial charge in [0.15, 0.2) is 0 Å². The molecule has 0 spiro atoms. The van der Waals surface area contributed by atoms with Gasteiger partial charge in [0.2, 0.25) is 5.91 Å². The maximum Gasteiger partial charge on any atom is 0.235 e. The number of carbonyl (C=O) groups is 1. The predicted molar refractivity (Wildman–Crippen MR) is 84.7 cm³/mol. The van der Waals surface area contributed by atoms with Crippen molar-refractivity contribution in [3.63, 3.8) is 0 Å². The molecule has 21 heavy (non-hydrogen) atoms. The second-order valence-electron chi connectivity index (χ2n) is 5.41. The Hall–Kier alpha value is -1.68. The first-order valence-electron chi connectivity index (χ1n) is 6.93. The lowest BCUT2D eigenvalue weighted by Gasteiger charge is -2.40. The highest BCUT2D eigenvalue weighted by atomic mass is 79.9. The fraction of sp³-hybridized carbons (Fsp3) is 0.235.